The minimum Gasteiger partial charge on any atom is -0.308 e. The third kappa shape index (κ3) is 8.05. The van der Waals surface area contributed by atoms with Gasteiger partial charge in [-0.15, -0.1) is 0 Å². The van der Waals surface area contributed by atoms with E-state index in [9.17, 15) is 13.2 Å². The zero-order chi connectivity index (χ0) is 47.5. The number of alkyl halides is 9. The molecule has 0 bridgehead atoms. The van der Waals surface area contributed by atoms with Gasteiger partial charge in [0.2, 0.25) is 0 Å². The molecule has 0 amide bonds. The molecule has 10 rings (SSSR count). The van der Waals surface area contributed by atoms with Crippen molar-refractivity contribution in [1.29, 1.82) is 0 Å². The Labute approximate surface area is 383 Å². The number of hydrogen-bond acceptors (Lipinski definition) is 2. The molecule has 2 heterocycles. The summed E-state index contributed by atoms with van der Waals surface area (Å²) in [5.41, 5.74) is -0.468. The quantitative estimate of drug-likeness (QED) is 0.149. The first kappa shape index (κ1) is 43.9. The van der Waals surface area contributed by atoms with E-state index in [4.69, 9.17) is 9.97 Å². The summed E-state index contributed by atoms with van der Waals surface area (Å²) in [5.74, 6) is 0.265. The summed E-state index contributed by atoms with van der Waals surface area (Å²) in [6, 6.07) is 47.9. The van der Waals surface area contributed by atoms with Crippen molar-refractivity contribution in [3.8, 4) is 73.0 Å². The number of benzene rings is 8. The first-order chi connectivity index (χ1) is 32.5. The maximum absolute atomic E-state index is 15.4. The van der Waals surface area contributed by atoms with Gasteiger partial charge in [0.25, 0.3) is 0 Å². The molecule has 2 aromatic heterocycles. The Kier molecular flexibility index (Phi) is 10.8. The van der Waals surface area contributed by atoms with Gasteiger partial charge in [-0.25, -0.2) is 9.97 Å². The third-order valence-corrected chi connectivity index (χ3v) is 12.0. The molecule has 0 atom stereocenters. The van der Waals surface area contributed by atoms with Crippen molar-refractivity contribution in [3.05, 3.63) is 210 Å². The van der Waals surface area contributed by atoms with Gasteiger partial charge < -0.3 is 4.57 Å². The number of hydrogen-bond donors (Lipinski definition) is 0. The van der Waals surface area contributed by atoms with Gasteiger partial charge in [-0.05, 0) is 83.8 Å². The van der Waals surface area contributed by atoms with Crippen LogP contribution in [0.4, 0.5) is 39.5 Å². The molecule has 10 aromatic rings. The molecule has 0 aliphatic heterocycles. The molecule has 0 spiro atoms. The smallest absolute Gasteiger partial charge is 0.308 e. The summed E-state index contributed by atoms with van der Waals surface area (Å²) < 4.78 is 137. The third-order valence-electron chi connectivity index (χ3n) is 12.0. The van der Waals surface area contributed by atoms with E-state index in [1.807, 2.05) is 36.4 Å². The van der Waals surface area contributed by atoms with Crippen LogP contribution in [0, 0.1) is 6.92 Å². The minimum atomic E-state index is -4.93. The Balaban J connectivity index is 1.37. The SMILES string of the molecule is Cc1ccc(-c2ccc3c(c2)c2ccccc2n3-c2c(-c3ccccc3C(F)(F)F)cc(-c3cc(-c4ccccc4)nc(-c4ccccc4)n3)cc2-c2ccccc2C(F)(F)F)c(C(F)(F)F)c1. The van der Waals surface area contributed by atoms with E-state index in [-0.39, 0.29) is 56.1 Å². The maximum atomic E-state index is 15.4. The zero-order valence-corrected chi connectivity index (χ0v) is 35.6. The average Bonchev–Trinajstić information content (AvgIpc) is 3.66. The van der Waals surface area contributed by atoms with Crippen molar-refractivity contribution < 1.29 is 39.5 Å². The highest BCUT2D eigenvalue weighted by atomic mass is 19.4. The van der Waals surface area contributed by atoms with Crippen LogP contribution in [0.5, 0.6) is 0 Å². The second-order valence-electron chi connectivity index (χ2n) is 16.3. The predicted molar refractivity (Wildman–Crippen MR) is 249 cm³/mol. The highest BCUT2D eigenvalue weighted by molar-refractivity contribution is 6.12. The lowest BCUT2D eigenvalue weighted by atomic mass is 9.88. The predicted octanol–water partition coefficient (Wildman–Crippen LogP) is 16.9. The molecule has 0 fully saturated rings. The van der Waals surface area contributed by atoms with Crippen LogP contribution in [-0.4, -0.2) is 14.5 Å². The number of nitrogens with zero attached hydrogens (tertiary/aromatic N) is 3. The van der Waals surface area contributed by atoms with Gasteiger partial charge in [-0.3, -0.25) is 0 Å². The van der Waals surface area contributed by atoms with E-state index < -0.39 is 35.2 Å². The number of halogens is 9. The zero-order valence-electron chi connectivity index (χ0n) is 35.6. The Morgan fingerprint density at radius 1 is 0.353 bits per heavy atom. The Morgan fingerprint density at radius 3 is 1.44 bits per heavy atom. The molecule has 0 saturated heterocycles. The van der Waals surface area contributed by atoms with Crippen molar-refractivity contribution in [2.45, 2.75) is 25.5 Å². The van der Waals surface area contributed by atoms with Crippen LogP contribution in [0.25, 0.3) is 94.8 Å². The Morgan fingerprint density at radius 2 is 0.853 bits per heavy atom. The number of para-hydroxylation sites is 1. The molecule has 68 heavy (non-hydrogen) atoms. The van der Waals surface area contributed by atoms with E-state index in [1.165, 1.54) is 60.7 Å². The molecule has 0 unspecified atom stereocenters. The van der Waals surface area contributed by atoms with Gasteiger partial charge in [0.15, 0.2) is 5.82 Å². The van der Waals surface area contributed by atoms with Crippen molar-refractivity contribution >= 4 is 21.8 Å². The number of aromatic nitrogens is 3. The lowest BCUT2D eigenvalue weighted by molar-refractivity contribution is -0.137. The second-order valence-corrected chi connectivity index (χ2v) is 16.3. The molecule has 0 radical (unpaired) electrons. The summed E-state index contributed by atoms with van der Waals surface area (Å²) in [5, 5.41) is 0.909. The molecule has 0 aliphatic rings. The van der Waals surface area contributed by atoms with Crippen LogP contribution in [0.1, 0.15) is 22.3 Å². The topological polar surface area (TPSA) is 30.7 Å². The van der Waals surface area contributed by atoms with Crippen LogP contribution < -0.4 is 0 Å². The lowest BCUT2D eigenvalue weighted by Gasteiger charge is -2.24. The molecule has 8 aromatic carbocycles. The fourth-order valence-electron chi connectivity index (χ4n) is 8.96. The van der Waals surface area contributed by atoms with Crippen molar-refractivity contribution in [1.82, 2.24) is 14.5 Å². The highest BCUT2D eigenvalue weighted by Crippen LogP contribution is 2.50. The number of fused-ring (bicyclic) bond motifs is 3. The van der Waals surface area contributed by atoms with Gasteiger partial charge in [-0.1, -0.05) is 139 Å². The summed E-state index contributed by atoms with van der Waals surface area (Å²) in [4.78, 5) is 9.79. The molecular formula is C56H34F9N3. The van der Waals surface area contributed by atoms with E-state index in [2.05, 4.69) is 0 Å². The second kappa shape index (κ2) is 16.7. The average molecular weight is 920 g/mol. The lowest BCUT2D eigenvalue weighted by Crippen LogP contribution is -2.11. The molecule has 0 N–H and O–H groups in total. The van der Waals surface area contributed by atoms with E-state index in [0.717, 1.165) is 18.2 Å². The molecule has 0 aliphatic carbocycles. The normalized spacial score (nSPS) is 12.3. The standard InChI is InChI=1S/C56H34F9N3/c1-33-24-26-38(47(28-33)56(63,64)65)36-25-27-51-42(29-36)41-20-10-13-23-50(41)68(51)52-43(39-18-8-11-21-45(39)54(57,58)59)30-37(31-44(52)40-19-9-12-22-46(40)55(60,61)62)49-32-48(34-14-4-2-5-15-34)66-53(67-49)35-16-6-3-7-17-35/h2-32H,1H3. The molecule has 12 heteroatoms. The molecular weight excluding hydrogens is 886 g/mol. The number of aryl methyl sites for hydroxylation is 1. The Hall–Kier alpha value is -7.99. The van der Waals surface area contributed by atoms with Gasteiger partial charge >= 0.3 is 18.5 Å². The summed E-state index contributed by atoms with van der Waals surface area (Å²) in [6.07, 6.45) is -14.6. The van der Waals surface area contributed by atoms with Crippen LogP contribution in [0.3, 0.4) is 0 Å². The number of rotatable bonds is 7. The van der Waals surface area contributed by atoms with E-state index in [1.54, 1.807) is 84.3 Å². The van der Waals surface area contributed by atoms with E-state index >= 15 is 26.3 Å². The summed E-state index contributed by atoms with van der Waals surface area (Å²) in [6.45, 7) is 1.55. The van der Waals surface area contributed by atoms with Crippen molar-refractivity contribution in [2.24, 2.45) is 0 Å². The minimum absolute atomic E-state index is 0.0342. The first-order valence-electron chi connectivity index (χ1n) is 21.3. The van der Waals surface area contributed by atoms with Crippen LogP contribution in [-0.2, 0) is 18.5 Å². The largest absolute Gasteiger partial charge is 0.417 e. The molecule has 336 valence electrons. The fourth-order valence-corrected chi connectivity index (χ4v) is 8.96. The Bertz CT molecular complexity index is 3400. The van der Waals surface area contributed by atoms with E-state index in [0.29, 0.717) is 44.2 Å². The summed E-state index contributed by atoms with van der Waals surface area (Å²) in [7, 11) is 0. The van der Waals surface area contributed by atoms with Gasteiger partial charge in [0, 0.05) is 38.6 Å². The first-order valence-corrected chi connectivity index (χ1v) is 21.3. The summed E-state index contributed by atoms with van der Waals surface area (Å²) >= 11 is 0. The maximum Gasteiger partial charge on any atom is 0.417 e. The molecule has 0 saturated carbocycles. The van der Waals surface area contributed by atoms with Crippen molar-refractivity contribution in [3.63, 3.8) is 0 Å². The van der Waals surface area contributed by atoms with Crippen LogP contribution in [0.2, 0.25) is 0 Å². The fraction of sp³-hybridized carbons (Fsp3) is 0.0714. The van der Waals surface area contributed by atoms with Crippen LogP contribution >= 0.6 is 0 Å². The molecule has 3 nitrogen and oxygen atoms in total. The van der Waals surface area contributed by atoms with Gasteiger partial charge in [0.05, 0.1) is 44.8 Å². The van der Waals surface area contributed by atoms with Crippen molar-refractivity contribution in [2.75, 3.05) is 0 Å². The monoisotopic (exact) mass is 919 g/mol. The van der Waals surface area contributed by atoms with Gasteiger partial charge in [0.1, 0.15) is 0 Å². The van der Waals surface area contributed by atoms with Gasteiger partial charge in [-0.2, -0.15) is 39.5 Å². The van der Waals surface area contributed by atoms with Crippen LogP contribution in [0.15, 0.2) is 188 Å². The highest BCUT2D eigenvalue weighted by Gasteiger charge is 2.38.